The lowest BCUT2D eigenvalue weighted by Gasteiger charge is -2.17. The zero-order valence-electron chi connectivity index (χ0n) is 12.6. The van der Waals surface area contributed by atoms with Gasteiger partial charge in [0.2, 0.25) is 5.91 Å². The quantitative estimate of drug-likeness (QED) is 0.892. The molecular formula is C18H20ClNO. The first-order valence-electron chi connectivity index (χ1n) is 7.06. The molecule has 0 aromatic heterocycles. The van der Waals surface area contributed by atoms with E-state index < -0.39 is 0 Å². The van der Waals surface area contributed by atoms with Crippen LogP contribution in [0.5, 0.6) is 0 Å². The Labute approximate surface area is 131 Å². The zero-order valence-corrected chi connectivity index (χ0v) is 13.4. The average Bonchev–Trinajstić information content (AvgIpc) is 2.44. The molecule has 110 valence electrons. The van der Waals surface area contributed by atoms with Gasteiger partial charge in [-0.3, -0.25) is 4.79 Å². The van der Waals surface area contributed by atoms with E-state index in [2.05, 4.69) is 37.4 Å². The fraction of sp³-hybridized carbons (Fsp3) is 0.278. The highest BCUT2D eigenvalue weighted by Crippen LogP contribution is 2.19. The van der Waals surface area contributed by atoms with E-state index in [1.807, 2.05) is 19.1 Å². The molecule has 2 aromatic carbocycles. The number of benzene rings is 2. The van der Waals surface area contributed by atoms with Gasteiger partial charge in [-0.15, -0.1) is 0 Å². The highest BCUT2D eigenvalue weighted by atomic mass is 35.5. The predicted molar refractivity (Wildman–Crippen MR) is 87.6 cm³/mol. The predicted octanol–water partition coefficient (Wildman–Crippen LogP) is 4.38. The minimum Gasteiger partial charge on any atom is -0.349 e. The molecule has 2 nitrogen and oxygen atoms in total. The summed E-state index contributed by atoms with van der Waals surface area (Å²) in [6, 6.07) is 13.7. The van der Waals surface area contributed by atoms with Crippen LogP contribution < -0.4 is 5.32 Å². The van der Waals surface area contributed by atoms with E-state index in [1.165, 1.54) is 16.7 Å². The van der Waals surface area contributed by atoms with E-state index >= 15 is 0 Å². The van der Waals surface area contributed by atoms with E-state index in [1.54, 1.807) is 12.1 Å². The minimum absolute atomic E-state index is 0.00435. The van der Waals surface area contributed by atoms with Gasteiger partial charge in [-0.05, 0) is 49.6 Å². The van der Waals surface area contributed by atoms with Crippen LogP contribution in [0.4, 0.5) is 0 Å². The van der Waals surface area contributed by atoms with Gasteiger partial charge >= 0.3 is 0 Å². The van der Waals surface area contributed by atoms with Crippen molar-refractivity contribution in [3.8, 4) is 0 Å². The fourth-order valence-corrected chi connectivity index (χ4v) is 2.51. The summed E-state index contributed by atoms with van der Waals surface area (Å²) in [7, 11) is 0. The maximum Gasteiger partial charge on any atom is 0.224 e. The third-order valence-corrected chi connectivity index (χ3v) is 3.81. The number of aryl methyl sites for hydroxylation is 2. The Kier molecular flexibility index (Phi) is 5.03. The first-order chi connectivity index (χ1) is 9.95. The molecule has 0 fully saturated rings. The Hall–Kier alpha value is -1.80. The average molecular weight is 302 g/mol. The molecule has 0 heterocycles. The molecule has 3 heteroatoms. The normalized spacial score (nSPS) is 12.0. The number of rotatable bonds is 4. The molecule has 0 radical (unpaired) electrons. The largest absolute Gasteiger partial charge is 0.349 e. The number of hydrogen-bond donors (Lipinski definition) is 1. The lowest BCUT2D eigenvalue weighted by Crippen LogP contribution is -2.28. The molecule has 0 aliphatic heterocycles. The summed E-state index contributed by atoms with van der Waals surface area (Å²) >= 11 is 5.84. The van der Waals surface area contributed by atoms with Crippen LogP contribution >= 0.6 is 11.6 Å². The van der Waals surface area contributed by atoms with Gasteiger partial charge in [0.15, 0.2) is 0 Å². The van der Waals surface area contributed by atoms with Crippen molar-refractivity contribution < 1.29 is 4.79 Å². The Morgan fingerprint density at radius 3 is 2.48 bits per heavy atom. The SMILES string of the molecule is Cc1ccc(C)c([C@@H](C)NC(=O)Cc2ccc(Cl)cc2)c1. The standard InChI is InChI=1S/C18H20ClNO/c1-12-4-5-13(2)17(10-12)14(3)20-18(21)11-15-6-8-16(19)9-7-15/h4-10,14H,11H2,1-3H3,(H,20,21)/t14-/m1/s1. The molecule has 1 atom stereocenters. The monoisotopic (exact) mass is 301 g/mol. The summed E-state index contributed by atoms with van der Waals surface area (Å²) in [5.41, 5.74) is 4.53. The van der Waals surface area contributed by atoms with Crippen molar-refractivity contribution in [3.63, 3.8) is 0 Å². The van der Waals surface area contributed by atoms with Gasteiger partial charge in [-0.25, -0.2) is 0 Å². The highest BCUT2D eigenvalue weighted by molar-refractivity contribution is 6.30. The molecule has 0 bridgehead atoms. The van der Waals surface area contributed by atoms with Gasteiger partial charge < -0.3 is 5.32 Å². The van der Waals surface area contributed by atoms with Gasteiger partial charge in [-0.2, -0.15) is 0 Å². The molecule has 2 rings (SSSR count). The summed E-state index contributed by atoms with van der Waals surface area (Å²) < 4.78 is 0. The Morgan fingerprint density at radius 2 is 1.81 bits per heavy atom. The molecule has 2 aromatic rings. The van der Waals surface area contributed by atoms with Crippen molar-refractivity contribution in [2.24, 2.45) is 0 Å². The number of carbonyl (C=O) groups is 1. The van der Waals surface area contributed by atoms with Crippen molar-refractivity contribution in [2.45, 2.75) is 33.2 Å². The third-order valence-electron chi connectivity index (χ3n) is 3.56. The second kappa shape index (κ2) is 6.77. The Morgan fingerprint density at radius 1 is 1.14 bits per heavy atom. The van der Waals surface area contributed by atoms with Gasteiger partial charge in [0, 0.05) is 5.02 Å². The summed E-state index contributed by atoms with van der Waals surface area (Å²) in [4.78, 5) is 12.1. The molecule has 0 saturated carbocycles. The van der Waals surface area contributed by atoms with Crippen molar-refractivity contribution in [1.29, 1.82) is 0 Å². The first kappa shape index (κ1) is 15.6. The van der Waals surface area contributed by atoms with E-state index in [4.69, 9.17) is 11.6 Å². The first-order valence-corrected chi connectivity index (χ1v) is 7.44. The van der Waals surface area contributed by atoms with E-state index in [9.17, 15) is 4.79 Å². The Bertz CT molecular complexity index is 634. The van der Waals surface area contributed by atoms with Gasteiger partial charge in [0.1, 0.15) is 0 Å². The minimum atomic E-state index is 0.00435. The van der Waals surface area contributed by atoms with Gasteiger partial charge in [0.05, 0.1) is 12.5 Å². The molecule has 0 aliphatic carbocycles. The van der Waals surface area contributed by atoms with Crippen LogP contribution in [0, 0.1) is 13.8 Å². The molecule has 21 heavy (non-hydrogen) atoms. The molecule has 0 spiro atoms. The molecule has 1 amide bonds. The van der Waals surface area contributed by atoms with Crippen molar-refractivity contribution in [2.75, 3.05) is 0 Å². The maximum absolute atomic E-state index is 12.1. The van der Waals surface area contributed by atoms with Crippen LogP contribution in [-0.4, -0.2) is 5.91 Å². The second-order valence-electron chi connectivity index (χ2n) is 5.45. The number of halogens is 1. The lowest BCUT2D eigenvalue weighted by molar-refractivity contribution is -0.121. The van der Waals surface area contributed by atoms with E-state index in [0.717, 1.165) is 5.56 Å². The molecular weight excluding hydrogens is 282 g/mol. The molecule has 0 aliphatic rings. The highest BCUT2D eigenvalue weighted by Gasteiger charge is 2.12. The van der Waals surface area contributed by atoms with Gasteiger partial charge in [-0.1, -0.05) is 47.5 Å². The molecule has 0 saturated heterocycles. The Balaban J connectivity index is 2.01. The summed E-state index contributed by atoms with van der Waals surface area (Å²) in [6.45, 7) is 6.14. The summed E-state index contributed by atoms with van der Waals surface area (Å²) in [6.07, 6.45) is 0.367. The topological polar surface area (TPSA) is 29.1 Å². The third kappa shape index (κ3) is 4.33. The summed E-state index contributed by atoms with van der Waals surface area (Å²) in [5.74, 6) is 0.0192. The van der Waals surface area contributed by atoms with Crippen molar-refractivity contribution in [3.05, 3.63) is 69.7 Å². The summed E-state index contributed by atoms with van der Waals surface area (Å²) in [5, 5.41) is 3.74. The van der Waals surface area contributed by atoms with Crippen LogP contribution in [0.25, 0.3) is 0 Å². The fourth-order valence-electron chi connectivity index (χ4n) is 2.38. The molecule has 0 unspecified atom stereocenters. The van der Waals surface area contributed by atoms with Crippen molar-refractivity contribution >= 4 is 17.5 Å². The number of amides is 1. The van der Waals surface area contributed by atoms with E-state index in [0.29, 0.717) is 11.4 Å². The van der Waals surface area contributed by atoms with Crippen LogP contribution in [0.2, 0.25) is 5.02 Å². The van der Waals surface area contributed by atoms with Crippen LogP contribution in [0.15, 0.2) is 42.5 Å². The second-order valence-corrected chi connectivity index (χ2v) is 5.89. The zero-order chi connectivity index (χ0) is 15.4. The van der Waals surface area contributed by atoms with E-state index in [-0.39, 0.29) is 11.9 Å². The van der Waals surface area contributed by atoms with Crippen molar-refractivity contribution in [1.82, 2.24) is 5.32 Å². The van der Waals surface area contributed by atoms with Crippen LogP contribution in [0.3, 0.4) is 0 Å². The van der Waals surface area contributed by atoms with Crippen LogP contribution in [0.1, 0.15) is 35.2 Å². The smallest absolute Gasteiger partial charge is 0.224 e. The lowest BCUT2D eigenvalue weighted by atomic mass is 10.00. The number of nitrogens with one attached hydrogen (secondary N) is 1. The van der Waals surface area contributed by atoms with Crippen LogP contribution in [-0.2, 0) is 11.2 Å². The maximum atomic E-state index is 12.1. The number of hydrogen-bond acceptors (Lipinski definition) is 1. The number of carbonyl (C=O) groups excluding carboxylic acids is 1. The van der Waals surface area contributed by atoms with Gasteiger partial charge in [0.25, 0.3) is 0 Å². The molecule has 1 N–H and O–H groups in total.